The summed E-state index contributed by atoms with van der Waals surface area (Å²) in [4.78, 5) is 12.4. The van der Waals surface area contributed by atoms with Crippen molar-refractivity contribution in [2.45, 2.75) is 6.92 Å². The monoisotopic (exact) mass is 317 g/mol. The molecule has 2 aromatic heterocycles. The van der Waals surface area contributed by atoms with Crippen molar-refractivity contribution in [2.75, 3.05) is 5.32 Å². The molecule has 0 atom stereocenters. The van der Waals surface area contributed by atoms with Gasteiger partial charge in [0.1, 0.15) is 0 Å². The van der Waals surface area contributed by atoms with Gasteiger partial charge in [-0.25, -0.2) is 4.68 Å². The number of carbonyl (C=O) groups is 1. The molecule has 0 radical (unpaired) electrons. The summed E-state index contributed by atoms with van der Waals surface area (Å²) in [5, 5.41) is 15.0. The van der Waals surface area contributed by atoms with E-state index < -0.39 is 0 Å². The molecule has 0 saturated carbocycles. The van der Waals surface area contributed by atoms with Crippen LogP contribution in [0.3, 0.4) is 0 Å². The first-order valence-corrected chi connectivity index (χ1v) is 7.56. The Morgan fingerprint density at radius 2 is 1.96 bits per heavy atom. The number of H-pyrrole nitrogens is 1. The van der Waals surface area contributed by atoms with Crippen LogP contribution in [0.15, 0.2) is 60.9 Å². The summed E-state index contributed by atoms with van der Waals surface area (Å²) in [5.41, 5.74) is 4.23. The minimum absolute atomic E-state index is 0.151. The number of anilines is 1. The lowest BCUT2D eigenvalue weighted by Gasteiger charge is -2.07. The van der Waals surface area contributed by atoms with E-state index in [4.69, 9.17) is 0 Å². The summed E-state index contributed by atoms with van der Waals surface area (Å²) in [7, 11) is 0. The molecule has 0 aliphatic rings. The summed E-state index contributed by atoms with van der Waals surface area (Å²) >= 11 is 0. The zero-order chi connectivity index (χ0) is 16.5. The zero-order valence-corrected chi connectivity index (χ0v) is 13.0. The molecule has 2 N–H and O–H groups in total. The van der Waals surface area contributed by atoms with Crippen LogP contribution < -0.4 is 5.32 Å². The summed E-state index contributed by atoms with van der Waals surface area (Å²) in [6, 6.07) is 14.9. The van der Waals surface area contributed by atoms with Gasteiger partial charge in [-0.05, 0) is 55.5 Å². The first-order chi connectivity index (χ1) is 11.7. The quantitative estimate of drug-likeness (QED) is 0.608. The molecule has 4 rings (SSSR count). The number of carbonyl (C=O) groups excluding carboxylic acids is 1. The second kappa shape index (κ2) is 5.66. The number of amides is 1. The Morgan fingerprint density at radius 1 is 1.12 bits per heavy atom. The van der Waals surface area contributed by atoms with Gasteiger partial charge in [-0.2, -0.15) is 10.2 Å². The van der Waals surface area contributed by atoms with E-state index in [-0.39, 0.29) is 5.91 Å². The largest absolute Gasteiger partial charge is 0.322 e. The third kappa shape index (κ3) is 2.54. The molecule has 0 fully saturated rings. The first kappa shape index (κ1) is 14.2. The summed E-state index contributed by atoms with van der Waals surface area (Å²) in [6.45, 7) is 1.99. The molecular weight excluding hydrogens is 302 g/mol. The van der Waals surface area contributed by atoms with Crippen molar-refractivity contribution in [1.82, 2.24) is 20.0 Å². The fourth-order valence-corrected chi connectivity index (χ4v) is 2.62. The van der Waals surface area contributed by atoms with E-state index in [0.717, 1.165) is 28.0 Å². The maximum atomic E-state index is 12.4. The Morgan fingerprint density at radius 3 is 2.71 bits per heavy atom. The van der Waals surface area contributed by atoms with Gasteiger partial charge in [0.2, 0.25) is 0 Å². The Hall–Kier alpha value is -3.41. The van der Waals surface area contributed by atoms with Crippen molar-refractivity contribution in [2.24, 2.45) is 0 Å². The molecule has 6 nitrogen and oxygen atoms in total. The summed E-state index contributed by atoms with van der Waals surface area (Å²) in [6.07, 6.45) is 3.48. The molecule has 2 aromatic carbocycles. The van der Waals surface area contributed by atoms with Crippen LogP contribution >= 0.6 is 0 Å². The molecule has 4 aromatic rings. The molecule has 118 valence electrons. The highest BCUT2D eigenvalue weighted by Gasteiger charge is 2.08. The highest BCUT2D eigenvalue weighted by molar-refractivity contribution is 6.05. The van der Waals surface area contributed by atoms with Crippen LogP contribution in [0.4, 0.5) is 5.69 Å². The van der Waals surface area contributed by atoms with Crippen LogP contribution in [0.2, 0.25) is 0 Å². The molecule has 6 heteroatoms. The summed E-state index contributed by atoms with van der Waals surface area (Å²) in [5.74, 6) is -0.151. The summed E-state index contributed by atoms with van der Waals surface area (Å²) < 4.78 is 1.83. The van der Waals surface area contributed by atoms with Crippen molar-refractivity contribution in [1.29, 1.82) is 0 Å². The van der Waals surface area contributed by atoms with E-state index in [1.807, 2.05) is 48.0 Å². The van der Waals surface area contributed by atoms with E-state index in [1.165, 1.54) is 0 Å². The second-order valence-electron chi connectivity index (χ2n) is 5.56. The zero-order valence-electron chi connectivity index (χ0n) is 13.0. The molecule has 24 heavy (non-hydrogen) atoms. The van der Waals surface area contributed by atoms with Gasteiger partial charge in [0.15, 0.2) is 0 Å². The van der Waals surface area contributed by atoms with Crippen LogP contribution in [0.1, 0.15) is 16.1 Å². The second-order valence-corrected chi connectivity index (χ2v) is 5.56. The van der Waals surface area contributed by atoms with Crippen LogP contribution in [0.25, 0.3) is 16.6 Å². The number of nitrogens with one attached hydrogen (secondary N) is 2. The van der Waals surface area contributed by atoms with E-state index in [9.17, 15) is 4.79 Å². The molecule has 0 aliphatic carbocycles. The van der Waals surface area contributed by atoms with E-state index >= 15 is 0 Å². The Balaban J connectivity index is 1.54. The van der Waals surface area contributed by atoms with Crippen molar-refractivity contribution >= 4 is 22.5 Å². The SMILES string of the molecule is Cc1ccnn1-c1ccc(C(=O)Nc2ccc3[nH]ncc3c2)cc1. The van der Waals surface area contributed by atoms with Gasteiger partial charge in [-0.3, -0.25) is 9.89 Å². The standard InChI is InChI=1S/C18H15N5O/c1-12-8-9-20-23(12)16-5-2-13(3-6-16)18(24)21-15-4-7-17-14(10-15)11-19-22-17/h2-11H,1H3,(H,19,22)(H,21,24). The Kier molecular flexibility index (Phi) is 3.35. The highest BCUT2D eigenvalue weighted by Crippen LogP contribution is 2.18. The van der Waals surface area contributed by atoms with Crippen molar-refractivity contribution in [3.8, 4) is 5.69 Å². The maximum Gasteiger partial charge on any atom is 0.255 e. The highest BCUT2D eigenvalue weighted by atomic mass is 16.1. The number of fused-ring (bicyclic) bond motifs is 1. The first-order valence-electron chi connectivity index (χ1n) is 7.56. The smallest absolute Gasteiger partial charge is 0.255 e. The number of aromatic amines is 1. The van der Waals surface area contributed by atoms with Crippen molar-refractivity contribution < 1.29 is 4.79 Å². The molecule has 0 bridgehead atoms. The third-order valence-electron chi connectivity index (χ3n) is 3.90. The molecular formula is C18H15N5O. The van der Waals surface area contributed by atoms with E-state index in [2.05, 4.69) is 20.6 Å². The molecule has 0 saturated heterocycles. The average molecular weight is 317 g/mol. The molecule has 0 spiro atoms. The van der Waals surface area contributed by atoms with Gasteiger partial charge in [0, 0.05) is 28.5 Å². The van der Waals surface area contributed by atoms with Gasteiger partial charge >= 0.3 is 0 Å². The van der Waals surface area contributed by atoms with Crippen molar-refractivity contribution in [3.63, 3.8) is 0 Å². The van der Waals surface area contributed by atoms with Crippen LogP contribution in [-0.4, -0.2) is 25.9 Å². The van der Waals surface area contributed by atoms with Crippen LogP contribution in [0.5, 0.6) is 0 Å². The van der Waals surface area contributed by atoms with Crippen LogP contribution in [0, 0.1) is 6.92 Å². The van der Waals surface area contributed by atoms with Gasteiger partial charge < -0.3 is 5.32 Å². The van der Waals surface area contributed by atoms with Gasteiger partial charge in [-0.1, -0.05) is 0 Å². The van der Waals surface area contributed by atoms with Crippen LogP contribution in [-0.2, 0) is 0 Å². The minimum Gasteiger partial charge on any atom is -0.322 e. The number of hydrogen-bond acceptors (Lipinski definition) is 3. The molecule has 1 amide bonds. The van der Waals surface area contributed by atoms with Gasteiger partial charge in [-0.15, -0.1) is 0 Å². The van der Waals surface area contributed by atoms with Crippen molar-refractivity contribution in [3.05, 3.63) is 72.2 Å². The Labute approximate surface area is 138 Å². The number of nitrogens with zero attached hydrogens (tertiary/aromatic N) is 3. The average Bonchev–Trinajstić information content (AvgIpc) is 3.23. The minimum atomic E-state index is -0.151. The number of aromatic nitrogens is 4. The topological polar surface area (TPSA) is 75.6 Å². The van der Waals surface area contributed by atoms with E-state index in [1.54, 1.807) is 24.5 Å². The van der Waals surface area contributed by atoms with Gasteiger partial charge in [0.05, 0.1) is 17.4 Å². The molecule has 0 aliphatic heterocycles. The number of aryl methyl sites for hydroxylation is 1. The molecule has 2 heterocycles. The van der Waals surface area contributed by atoms with Gasteiger partial charge in [0.25, 0.3) is 5.91 Å². The van der Waals surface area contributed by atoms with E-state index in [0.29, 0.717) is 5.56 Å². The Bertz CT molecular complexity index is 1010. The lowest BCUT2D eigenvalue weighted by Crippen LogP contribution is -2.12. The maximum absolute atomic E-state index is 12.4. The third-order valence-corrected chi connectivity index (χ3v) is 3.90. The predicted octanol–water partition coefficient (Wildman–Crippen LogP) is 3.31. The molecule has 0 unspecified atom stereocenters. The fourth-order valence-electron chi connectivity index (χ4n) is 2.62. The normalized spacial score (nSPS) is 10.9. The number of benzene rings is 2. The predicted molar refractivity (Wildman–Crippen MR) is 92.3 cm³/mol. The number of rotatable bonds is 3. The fraction of sp³-hybridized carbons (Fsp3) is 0.0556. The number of hydrogen-bond donors (Lipinski definition) is 2. The lowest BCUT2D eigenvalue weighted by molar-refractivity contribution is 0.102. The lowest BCUT2D eigenvalue weighted by atomic mass is 10.1.